The first kappa shape index (κ1) is 23.4. The summed E-state index contributed by atoms with van der Waals surface area (Å²) in [6, 6.07) is 6.30. The van der Waals surface area contributed by atoms with Crippen LogP contribution in [-0.4, -0.2) is 44.7 Å². The van der Waals surface area contributed by atoms with Crippen LogP contribution in [0.25, 0.3) is 0 Å². The first-order chi connectivity index (χ1) is 11.4. The molecule has 0 spiro atoms. The highest BCUT2D eigenvalue weighted by atomic mass is 127. The van der Waals surface area contributed by atoms with Crippen LogP contribution in [0.15, 0.2) is 29.3 Å². The predicted octanol–water partition coefficient (Wildman–Crippen LogP) is 2.15. The summed E-state index contributed by atoms with van der Waals surface area (Å²) in [7, 11) is 1.66. The molecule has 8 heteroatoms. The number of carbonyl (C=O) groups excluding carboxylic acids is 1. The number of para-hydroxylation sites is 1. The molecule has 3 N–H and O–H groups in total. The molecule has 1 unspecified atom stereocenters. The number of amides is 1. The van der Waals surface area contributed by atoms with Crippen LogP contribution in [0.4, 0.5) is 4.39 Å². The van der Waals surface area contributed by atoms with Gasteiger partial charge in [0, 0.05) is 26.1 Å². The second-order valence-corrected chi connectivity index (χ2v) is 5.68. The number of ether oxygens (including phenoxy) is 1. The first-order valence-electron chi connectivity index (χ1n) is 8.07. The van der Waals surface area contributed by atoms with Crippen LogP contribution in [0.5, 0.6) is 5.75 Å². The third-order valence-electron chi connectivity index (χ3n) is 3.19. The maximum absolute atomic E-state index is 13.5. The lowest BCUT2D eigenvalue weighted by Gasteiger charge is -2.18. The summed E-state index contributed by atoms with van der Waals surface area (Å²) >= 11 is 0. The van der Waals surface area contributed by atoms with Gasteiger partial charge in [-0.2, -0.15) is 0 Å². The molecule has 0 saturated heterocycles. The van der Waals surface area contributed by atoms with Crippen molar-refractivity contribution < 1.29 is 13.9 Å². The number of rotatable bonds is 8. The van der Waals surface area contributed by atoms with Gasteiger partial charge in [-0.1, -0.05) is 26.0 Å². The minimum atomic E-state index is -0.382. The maximum atomic E-state index is 13.5. The standard InChI is InChI=1S/C17H27FN4O2.HI/c1-12(2)16(23)20-9-10-21-17(19-4)22-11-13(3)24-15-8-6-5-7-14(15)18;/h5-8,12-13H,9-11H2,1-4H3,(H,20,23)(H2,19,21,22);1H. The lowest BCUT2D eigenvalue weighted by atomic mass is 10.2. The fraction of sp³-hybridized carbons (Fsp3) is 0.529. The molecule has 25 heavy (non-hydrogen) atoms. The molecule has 1 atom stereocenters. The Morgan fingerprint density at radius 2 is 1.80 bits per heavy atom. The molecule has 0 aromatic heterocycles. The van der Waals surface area contributed by atoms with Crippen LogP contribution in [0.3, 0.4) is 0 Å². The molecule has 0 aliphatic carbocycles. The van der Waals surface area contributed by atoms with Crippen LogP contribution < -0.4 is 20.7 Å². The molecule has 6 nitrogen and oxygen atoms in total. The van der Waals surface area contributed by atoms with Crippen molar-refractivity contribution in [2.45, 2.75) is 26.9 Å². The van der Waals surface area contributed by atoms with Crippen LogP contribution in [0.1, 0.15) is 20.8 Å². The molecule has 0 aliphatic rings. The summed E-state index contributed by atoms with van der Waals surface area (Å²) in [4.78, 5) is 15.5. The number of hydrogen-bond donors (Lipinski definition) is 3. The number of nitrogens with zero attached hydrogens (tertiary/aromatic N) is 1. The third kappa shape index (κ3) is 9.47. The molecular formula is C17H28FIN4O2. The summed E-state index contributed by atoms with van der Waals surface area (Å²) < 4.78 is 19.1. The summed E-state index contributed by atoms with van der Waals surface area (Å²) in [5.41, 5.74) is 0. The van der Waals surface area contributed by atoms with Crippen molar-refractivity contribution in [3.63, 3.8) is 0 Å². The number of nitrogens with one attached hydrogen (secondary N) is 3. The molecule has 0 radical (unpaired) electrons. The van der Waals surface area contributed by atoms with Gasteiger partial charge < -0.3 is 20.7 Å². The molecule has 0 fully saturated rings. The zero-order valence-electron chi connectivity index (χ0n) is 15.1. The van der Waals surface area contributed by atoms with Crippen molar-refractivity contribution in [2.24, 2.45) is 10.9 Å². The van der Waals surface area contributed by atoms with Gasteiger partial charge in [0.15, 0.2) is 17.5 Å². The summed E-state index contributed by atoms with van der Waals surface area (Å²) in [5, 5.41) is 9.00. The monoisotopic (exact) mass is 466 g/mol. The van der Waals surface area contributed by atoms with Crippen molar-refractivity contribution in [2.75, 3.05) is 26.7 Å². The van der Waals surface area contributed by atoms with Crippen molar-refractivity contribution in [1.29, 1.82) is 0 Å². The Labute approximate surface area is 166 Å². The molecular weight excluding hydrogens is 438 g/mol. The van der Waals surface area contributed by atoms with E-state index >= 15 is 0 Å². The average molecular weight is 466 g/mol. The van der Waals surface area contributed by atoms with Gasteiger partial charge in [-0.3, -0.25) is 9.79 Å². The number of carbonyl (C=O) groups is 1. The van der Waals surface area contributed by atoms with Gasteiger partial charge in [-0.05, 0) is 19.1 Å². The van der Waals surface area contributed by atoms with Crippen molar-refractivity contribution in [1.82, 2.24) is 16.0 Å². The zero-order chi connectivity index (χ0) is 17.9. The molecule has 1 aromatic rings. The van der Waals surface area contributed by atoms with Crippen molar-refractivity contribution in [3.05, 3.63) is 30.1 Å². The molecule has 1 amide bonds. The minimum absolute atomic E-state index is 0. The Morgan fingerprint density at radius 1 is 1.16 bits per heavy atom. The highest BCUT2D eigenvalue weighted by Gasteiger charge is 2.09. The number of guanidine groups is 1. The smallest absolute Gasteiger partial charge is 0.222 e. The molecule has 0 saturated carbocycles. The molecule has 0 heterocycles. The first-order valence-corrected chi connectivity index (χ1v) is 8.07. The van der Waals surface area contributed by atoms with E-state index in [0.717, 1.165) is 0 Å². The van der Waals surface area contributed by atoms with E-state index in [1.807, 2.05) is 20.8 Å². The van der Waals surface area contributed by atoms with Crippen LogP contribution in [0, 0.1) is 11.7 Å². The lowest BCUT2D eigenvalue weighted by Crippen LogP contribution is -2.44. The van der Waals surface area contributed by atoms with E-state index in [9.17, 15) is 9.18 Å². The second kappa shape index (κ2) is 12.7. The van der Waals surface area contributed by atoms with Gasteiger partial charge in [0.25, 0.3) is 0 Å². The highest BCUT2D eigenvalue weighted by Crippen LogP contribution is 2.16. The van der Waals surface area contributed by atoms with Crippen LogP contribution in [-0.2, 0) is 4.79 Å². The third-order valence-corrected chi connectivity index (χ3v) is 3.19. The molecule has 1 aromatic carbocycles. The normalized spacial score (nSPS) is 12.2. The van der Waals surface area contributed by atoms with E-state index < -0.39 is 0 Å². The fourth-order valence-electron chi connectivity index (χ4n) is 1.83. The molecule has 0 bridgehead atoms. The summed E-state index contributed by atoms with van der Waals surface area (Å²) in [5.74, 6) is 0.433. The number of hydrogen-bond acceptors (Lipinski definition) is 3. The van der Waals surface area contributed by atoms with Gasteiger partial charge in [-0.25, -0.2) is 4.39 Å². The zero-order valence-corrected chi connectivity index (χ0v) is 17.5. The highest BCUT2D eigenvalue weighted by molar-refractivity contribution is 14.0. The van der Waals surface area contributed by atoms with Crippen molar-refractivity contribution >= 4 is 35.8 Å². The maximum Gasteiger partial charge on any atom is 0.222 e. The average Bonchev–Trinajstić information content (AvgIpc) is 2.56. The van der Waals surface area contributed by atoms with E-state index in [2.05, 4.69) is 20.9 Å². The molecule has 1 rings (SSSR count). The van der Waals surface area contributed by atoms with Gasteiger partial charge in [0.2, 0.25) is 5.91 Å². The number of aliphatic imine (C=N–C) groups is 1. The Bertz CT molecular complexity index is 555. The van der Waals surface area contributed by atoms with E-state index in [0.29, 0.717) is 25.6 Å². The number of halogens is 2. The van der Waals surface area contributed by atoms with Gasteiger partial charge in [0.05, 0.1) is 6.54 Å². The van der Waals surface area contributed by atoms with Crippen LogP contribution in [0.2, 0.25) is 0 Å². The Morgan fingerprint density at radius 3 is 2.40 bits per heavy atom. The topological polar surface area (TPSA) is 74.8 Å². The molecule has 142 valence electrons. The van der Waals surface area contributed by atoms with E-state index in [4.69, 9.17) is 4.74 Å². The molecule has 0 aliphatic heterocycles. The predicted molar refractivity (Wildman–Crippen MR) is 109 cm³/mol. The van der Waals surface area contributed by atoms with Crippen LogP contribution >= 0.6 is 24.0 Å². The quantitative estimate of drug-likeness (QED) is 0.238. The lowest BCUT2D eigenvalue weighted by molar-refractivity contribution is -0.123. The largest absolute Gasteiger partial charge is 0.486 e. The van der Waals surface area contributed by atoms with Gasteiger partial charge in [0.1, 0.15) is 6.10 Å². The Kier molecular flexibility index (Phi) is 11.9. The minimum Gasteiger partial charge on any atom is -0.486 e. The number of benzene rings is 1. The van der Waals surface area contributed by atoms with Gasteiger partial charge >= 0.3 is 0 Å². The fourth-order valence-corrected chi connectivity index (χ4v) is 1.83. The van der Waals surface area contributed by atoms with E-state index in [1.54, 1.807) is 25.2 Å². The summed E-state index contributed by atoms with van der Waals surface area (Å²) in [6.45, 7) is 7.07. The Balaban J connectivity index is 0.00000576. The second-order valence-electron chi connectivity index (χ2n) is 5.68. The SMILES string of the molecule is CN=C(NCCNC(=O)C(C)C)NCC(C)Oc1ccccc1F.I. The van der Waals surface area contributed by atoms with E-state index in [1.165, 1.54) is 6.07 Å². The Hall–Kier alpha value is -1.58. The summed E-state index contributed by atoms with van der Waals surface area (Å²) in [6.07, 6.45) is -0.235. The van der Waals surface area contributed by atoms with E-state index in [-0.39, 0.29) is 53.5 Å². The van der Waals surface area contributed by atoms with Gasteiger partial charge in [-0.15, -0.1) is 24.0 Å². The van der Waals surface area contributed by atoms with Crippen molar-refractivity contribution in [3.8, 4) is 5.75 Å².